The lowest BCUT2D eigenvalue weighted by Crippen LogP contribution is -2.37. The second kappa shape index (κ2) is 6.87. The number of aliphatic carboxylic acids is 1. The number of ether oxygens (including phenoxy) is 1. The number of benzene rings is 1. The molecular formula is C14H15ClFNO4. The maximum atomic E-state index is 13.5. The number of nitrogens with one attached hydrogen (secondary N) is 1. The summed E-state index contributed by atoms with van der Waals surface area (Å²) in [6.45, 7) is 0.511. The molecule has 1 aliphatic heterocycles. The molecule has 1 aliphatic rings. The van der Waals surface area contributed by atoms with Crippen LogP contribution >= 0.6 is 11.6 Å². The molecule has 5 nitrogen and oxygen atoms in total. The van der Waals surface area contributed by atoms with Crippen LogP contribution in [0.25, 0.3) is 0 Å². The minimum absolute atomic E-state index is 0.0572. The van der Waals surface area contributed by atoms with E-state index in [4.69, 9.17) is 21.4 Å². The van der Waals surface area contributed by atoms with Crippen LogP contribution in [0.5, 0.6) is 0 Å². The summed E-state index contributed by atoms with van der Waals surface area (Å²) in [7, 11) is 0. The topological polar surface area (TPSA) is 75.6 Å². The Hall–Kier alpha value is -1.66. The highest BCUT2D eigenvalue weighted by atomic mass is 35.5. The van der Waals surface area contributed by atoms with E-state index in [1.807, 2.05) is 0 Å². The van der Waals surface area contributed by atoms with Crippen LogP contribution in [0.4, 0.5) is 4.39 Å². The zero-order valence-corrected chi connectivity index (χ0v) is 11.9. The molecule has 0 bridgehead atoms. The third-order valence-corrected chi connectivity index (χ3v) is 3.57. The molecule has 7 heteroatoms. The van der Waals surface area contributed by atoms with Gasteiger partial charge in [-0.3, -0.25) is 9.59 Å². The second-order valence-electron chi connectivity index (χ2n) is 4.83. The first kappa shape index (κ1) is 15.7. The first-order valence-electron chi connectivity index (χ1n) is 6.56. The molecule has 2 N–H and O–H groups in total. The zero-order valence-electron chi connectivity index (χ0n) is 11.1. The van der Waals surface area contributed by atoms with Crippen LogP contribution < -0.4 is 5.32 Å². The molecule has 2 atom stereocenters. The van der Waals surface area contributed by atoms with Crippen molar-refractivity contribution in [2.45, 2.75) is 31.4 Å². The summed E-state index contributed by atoms with van der Waals surface area (Å²) < 4.78 is 18.7. The molecule has 114 valence electrons. The van der Waals surface area contributed by atoms with Gasteiger partial charge in [0.05, 0.1) is 17.5 Å². The number of halogens is 2. The van der Waals surface area contributed by atoms with Crippen LogP contribution in [0.1, 0.15) is 30.9 Å². The van der Waals surface area contributed by atoms with Gasteiger partial charge in [0.2, 0.25) is 5.91 Å². The fourth-order valence-corrected chi connectivity index (χ4v) is 2.32. The highest BCUT2D eigenvalue weighted by molar-refractivity contribution is 6.30. The number of hydrogen-bond acceptors (Lipinski definition) is 3. The van der Waals surface area contributed by atoms with Crippen molar-refractivity contribution in [1.29, 1.82) is 0 Å². The number of amides is 1. The molecule has 2 unspecified atom stereocenters. The van der Waals surface area contributed by atoms with Crippen molar-refractivity contribution in [3.8, 4) is 0 Å². The number of carboxylic acid groups (broad SMARTS) is 1. The Balaban J connectivity index is 2.14. The summed E-state index contributed by atoms with van der Waals surface area (Å²) in [4.78, 5) is 22.9. The zero-order chi connectivity index (χ0) is 15.4. The Morgan fingerprint density at radius 2 is 2.29 bits per heavy atom. The van der Waals surface area contributed by atoms with Crippen molar-refractivity contribution in [3.63, 3.8) is 0 Å². The van der Waals surface area contributed by atoms with Gasteiger partial charge in [-0.15, -0.1) is 0 Å². The molecule has 0 saturated carbocycles. The fraction of sp³-hybridized carbons (Fsp3) is 0.429. The summed E-state index contributed by atoms with van der Waals surface area (Å²) >= 11 is 5.60. The fourth-order valence-electron chi connectivity index (χ4n) is 2.21. The molecule has 0 aromatic heterocycles. The van der Waals surface area contributed by atoms with E-state index < -0.39 is 23.9 Å². The Morgan fingerprint density at radius 1 is 1.52 bits per heavy atom. The third-order valence-electron chi connectivity index (χ3n) is 3.26. The standard InChI is InChI=1S/C14H15ClFNO4/c15-9-4-3-8(6-10(9)16)11(7-13(18)19)17-14(20)12-2-1-5-21-12/h3-4,6,11-12H,1-2,5,7H2,(H,17,20)(H,18,19). The van der Waals surface area contributed by atoms with Crippen LogP contribution in [0, 0.1) is 5.82 Å². The lowest BCUT2D eigenvalue weighted by Gasteiger charge is -2.20. The number of hydrogen-bond donors (Lipinski definition) is 2. The van der Waals surface area contributed by atoms with Gasteiger partial charge >= 0.3 is 5.97 Å². The van der Waals surface area contributed by atoms with Crippen molar-refractivity contribution in [2.24, 2.45) is 0 Å². The Labute approximate surface area is 126 Å². The maximum Gasteiger partial charge on any atom is 0.305 e. The van der Waals surface area contributed by atoms with Gasteiger partial charge in [0, 0.05) is 6.61 Å². The van der Waals surface area contributed by atoms with Crippen LogP contribution in [-0.4, -0.2) is 29.7 Å². The number of carbonyl (C=O) groups is 2. The largest absolute Gasteiger partial charge is 0.481 e. The summed E-state index contributed by atoms with van der Waals surface area (Å²) in [6.07, 6.45) is 0.468. The van der Waals surface area contributed by atoms with Gasteiger partial charge in [-0.05, 0) is 30.5 Å². The summed E-state index contributed by atoms with van der Waals surface area (Å²) in [5.74, 6) is -2.13. The predicted octanol–water partition coefficient (Wildman–Crippen LogP) is 2.29. The summed E-state index contributed by atoms with van der Waals surface area (Å²) in [5.41, 5.74) is 0.352. The van der Waals surface area contributed by atoms with Gasteiger partial charge in [0.1, 0.15) is 11.9 Å². The average Bonchev–Trinajstić information content (AvgIpc) is 2.94. The third kappa shape index (κ3) is 4.15. The number of carboxylic acids is 1. The normalized spacial score (nSPS) is 19.2. The van der Waals surface area contributed by atoms with E-state index in [-0.39, 0.29) is 17.4 Å². The van der Waals surface area contributed by atoms with Gasteiger partial charge in [-0.1, -0.05) is 17.7 Å². The van der Waals surface area contributed by atoms with Crippen molar-refractivity contribution in [1.82, 2.24) is 5.32 Å². The van der Waals surface area contributed by atoms with Gasteiger partial charge in [-0.2, -0.15) is 0 Å². The Bertz CT molecular complexity index is 546. The van der Waals surface area contributed by atoms with Crippen LogP contribution in [0.2, 0.25) is 5.02 Å². The van der Waals surface area contributed by atoms with E-state index in [0.717, 1.165) is 12.5 Å². The van der Waals surface area contributed by atoms with Crippen molar-refractivity contribution >= 4 is 23.5 Å². The molecule has 1 aromatic carbocycles. The highest BCUT2D eigenvalue weighted by Crippen LogP contribution is 2.23. The predicted molar refractivity (Wildman–Crippen MR) is 73.5 cm³/mol. The van der Waals surface area contributed by atoms with E-state index in [0.29, 0.717) is 18.6 Å². The average molecular weight is 316 g/mol. The van der Waals surface area contributed by atoms with Crippen LogP contribution in [0.15, 0.2) is 18.2 Å². The number of carbonyl (C=O) groups excluding carboxylic acids is 1. The summed E-state index contributed by atoms with van der Waals surface area (Å²) in [6, 6.07) is 3.13. The molecular weight excluding hydrogens is 301 g/mol. The quantitative estimate of drug-likeness (QED) is 0.874. The minimum Gasteiger partial charge on any atom is -0.481 e. The molecule has 1 heterocycles. The molecule has 1 amide bonds. The first-order valence-corrected chi connectivity index (χ1v) is 6.94. The monoisotopic (exact) mass is 315 g/mol. The lowest BCUT2D eigenvalue weighted by atomic mass is 10.0. The van der Waals surface area contributed by atoms with Gasteiger partial charge in [-0.25, -0.2) is 4.39 Å². The van der Waals surface area contributed by atoms with E-state index in [1.54, 1.807) is 0 Å². The molecule has 0 spiro atoms. The SMILES string of the molecule is O=C(O)CC(NC(=O)C1CCCO1)c1ccc(Cl)c(F)c1. The molecule has 21 heavy (non-hydrogen) atoms. The van der Waals surface area contributed by atoms with Gasteiger partial charge in [0.25, 0.3) is 0 Å². The molecule has 2 rings (SSSR count). The van der Waals surface area contributed by atoms with E-state index in [2.05, 4.69) is 5.32 Å². The van der Waals surface area contributed by atoms with E-state index in [9.17, 15) is 14.0 Å². The van der Waals surface area contributed by atoms with Crippen LogP contribution in [0.3, 0.4) is 0 Å². The van der Waals surface area contributed by atoms with Crippen molar-refractivity contribution in [3.05, 3.63) is 34.6 Å². The molecule has 0 radical (unpaired) electrons. The van der Waals surface area contributed by atoms with Gasteiger partial charge in [0.15, 0.2) is 0 Å². The molecule has 1 saturated heterocycles. The van der Waals surface area contributed by atoms with Crippen LogP contribution in [-0.2, 0) is 14.3 Å². The molecule has 1 fully saturated rings. The van der Waals surface area contributed by atoms with Crippen molar-refractivity contribution < 1.29 is 23.8 Å². The van der Waals surface area contributed by atoms with Crippen molar-refractivity contribution in [2.75, 3.05) is 6.61 Å². The molecule has 0 aliphatic carbocycles. The first-order chi connectivity index (χ1) is 9.97. The van der Waals surface area contributed by atoms with E-state index >= 15 is 0 Å². The minimum atomic E-state index is -1.09. The highest BCUT2D eigenvalue weighted by Gasteiger charge is 2.27. The Morgan fingerprint density at radius 3 is 2.86 bits per heavy atom. The summed E-state index contributed by atoms with van der Waals surface area (Å²) in [5, 5.41) is 11.5. The van der Waals surface area contributed by atoms with E-state index in [1.165, 1.54) is 12.1 Å². The smallest absolute Gasteiger partial charge is 0.305 e. The number of rotatable bonds is 5. The molecule has 1 aromatic rings. The lowest BCUT2D eigenvalue weighted by molar-refractivity contribution is -0.138. The van der Waals surface area contributed by atoms with Gasteiger partial charge < -0.3 is 15.2 Å². The maximum absolute atomic E-state index is 13.5. The second-order valence-corrected chi connectivity index (χ2v) is 5.24. The Kier molecular flexibility index (Phi) is 5.14.